The Morgan fingerprint density at radius 3 is 2.26 bits per heavy atom. The van der Waals surface area contributed by atoms with Gasteiger partial charge in [0.1, 0.15) is 0 Å². The molecular formula is C25H32N4O8S2. The number of anilines is 1. The third-order valence-corrected chi connectivity index (χ3v) is 7.49. The van der Waals surface area contributed by atoms with E-state index in [1.165, 1.54) is 34.8 Å². The van der Waals surface area contributed by atoms with Crippen molar-refractivity contribution in [1.29, 1.82) is 0 Å². The summed E-state index contributed by atoms with van der Waals surface area (Å²) in [6, 6.07) is 15.0. The molecule has 0 unspecified atom stereocenters. The lowest BCUT2D eigenvalue weighted by Gasteiger charge is -2.26. The predicted octanol–water partition coefficient (Wildman–Crippen LogP) is 2.37. The first-order valence-electron chi connectivity index (χ1n) is 12.3. The molecule has 0 bridgehead atoms. The number of nitrogens with one attached hydrogen (secondary N) is 2. The molecule has 0 aliphatic carbocycles. The van der Waals surface area contributed by atoms with E-state index in [1.54, 1.807) is 6.07 Å². The van der Waals surface area contributed by atoms with Gasteiger partial charge in [-0.15, -0.1) is 0 Å². The number of aromatic nitrogens is 2. The highest BCUT2D eigenvalue weighted by Crippen LogP contribution is 2.22. The quantitative estimate of drug-likeness (QED) is 0.218. The van der Waals surface area contributed by atoms with Crippen LogP contribution in [0.1, 0.15) is 31.7 Å². The molecule has 0 saturated heterocycles. The summed E-state index contributed by atoms with van der Waals surface area (Å²) < 4.78 is 58.9. The molecule has 12 nitrogen and oxygen atoms in total. The summed E-state index contributed by atoms with van der Waals surface area (Å²) >= 11 is 0. The summed E-state index contributed by atoms with van der Waals surface area (Å²) in [6.45, 7) is 4.65. The zero-order valence-corrected chi connectivity index (χ0v) is 23.0. The summed E-state index contributed by atoms with van der Waals surface area (Å²) in [6.07, 6.45) is 4.86. The maximum atomic E-state index is 13.0. The topological polar surface area (TPSA) is 179 Å². The lowest BCUT2D eigenvalue weighted by Crippen LogP contribution is -2.35. The number of benzene rings is 2. The van der Waals surface area contributed by atoms with Gasteiger partial charge in [-0.2, -0.15) is 8.42 Å². The SMILES string of the molecule is CCS(=O)(=O)Nc1ccc2[nH]c(=O)n(CCCCN3CC=C(c4ccccc4)CC3)c(=O)c2c1.O=S(=O)(O)O. The van der Waals surface area contributed by atoms with Gasteiger partial charge < -0.3 is 4.98 Å². The van der Waals surface area contributed by atoms with E-state index in [2.05, 4.69) is 44.9 Å². The van der Waals surface area contributed by atoms with Crippen LogP contribution < -0.4 is 16.0 Å². The van der Waals surface area contributed by atoms with Crippen molar-refractivity contribution >= 4 is 42.6 Å². The molecule has 0 spiro atoms. The molecule has 2 heterocycles. The summed E-state index contributed by atoms with van der Waals surface area (Å²) in [5.74, 6) is -0.0682. The molecule has 0 radical (unpaired) electrons. The molecule has 0 fully saturated rings. The van der Waals surface area contributed by atoms with E-state index < -0.39 is 31.7 Å². The standard InChI is InChI=1S/C25H30N4O4S.H2O4S/c1-2-34(32,33)27-21-10-11-23-22(18-21)24(30)29(25(31)26-23)15-7-6-14-28-16-12-20(13-17-28)19-8-4-3-5-9-19;1-5(2,3)4/h3-5,8-12,18,27H,2,6-7,13-17H2,1H3,(H,26,31);(H2,1,2,3,4). The smallest absolute Gasteiger partial charge is 0.307 e. The Bertz CT molecular complexity index is 1640. The van der Waals surface area contributed by atoms with Crippen molar-refractivity contribution in [3.05, 3.63) is 81.0 Å². The molecule has 39 heavy (non-hydrogen) atoms. The third-order valence-electron chi connectivity index (χ3n) is 6.18. The molecule has 2 aromatic carbocycles. The minimum Gasteiger partial charge on any atom is -0.307 e. The van der Waals surface area contributed by atoms with E-state index in [0.717, 1.165) is 32.5 Å². The Kier molecular flexibility index (Phi) is 10.2. The van der Waals surface area contributed by atoms with E-state index in [1.807, 2.05) is 6.07 Å². The maximum Gasteiger partial charge on any atom is 0.394 e. The van der Waals surface area contributed by atoms with Crippen molar-refractivity contribution in [3.63, 3.8) is 0 Å². The molecule has 0 amide bonds. The molecule has 1 aliphatic heterocycles. The predicted molar refractivity (Wildman–Crippen MR) is 151 cm³/mol. The van der Waals surface area contributed by atoms with Crippen LogP contribution in [0.15, 0.2) is 64.2 Å². The lowest BCUT2D eigenvalue weighted by atomic mass is 9.99. The van der Waals surface area contributed by atoms with E-state index in [9.17, 15) is 18.0 Å². The third kappa shape index (κ3) is 9.44. The van der Waals surface area contributed by atoms with Crippen LogP contribution in [-0.2, 0) is 27.0 Å². The van der Waals surface area contributed by atoms with Crippen molar-refractivity contribution in [1.82, 2.24) is 14.5 Å². The molecule has 1 aromatic heterocycles. The lowest BCUT2D eigenvalue weighted by molar-refractivity contribution is 0.292. The molecule has 0 saturated carbocycles. The number of H-pyrrole nitrogens is 1. The first kappa shape index (κ1) is 30.2. The van der Waals surface area contributed by atoms with Gasteiger partial charge in [0.05, 0.1) is 16.7 Å². The summed E-state index contributed by atoms with van der Waals surface area (Å²) in [7, 11) is -8.13. The highest BCUT2D eigenvalue weighted by molar-refractivity contribution is 7.92. The second kappa shape index (κ2) is 13.2. The van der Waals surface area contributed by atoms with Crippen molar-refractivity contribution in [3.8, 4) is 0 Å². The fourth-order valence-electron chi connectivity index (χ4n) is 4.20. The van der Waals surface area contributed by atoms with Gasteiger partial charge in [-0.25, -0.2) is 13.2 Å². The molecular weight excluding hydrogens is 548 g/mol. The average Bonchev–Trinajstić information content (AvgIpc) is 2.88. The number of unbranched alkanes of at least 4 members (excludes halogenated alkanes) is 1. The largest absolute Gasteiger partial charge is 0.394 e. The van der Waals surface area contributed by atoms with Gasteiger partial charge in [0, 0.05) is 25.3 Å². The summed E-state index contributed by atoms with van der Waals surface area (Å²) in [5.41, 5.74) is 2.49. The van der Waals surface area contributed by atoms with Crippen molar-refractivity contribution in [2.75, 3.05) is 30.1 Å². The van der Waals surface area contributed by atoms with Crippen LogP contribution >= 0.6 is 0 Å². The molecule has 1 aliphatic rings. The van der Waals surface area contributed by atoms with E-state index in [0.29, 0.717) is 24.2 Å². The molecule has 4 N–H and O–H groups in total. The van der Waals surface area contributed by atoms with Gasteiger partial charge in [-0.05, 0) is 62.1 Å². The maximum absolute atomic E-state index is 13.0. The molecule has 14 heteroatoms. The van der Waals surface area contributed by atoms with Crippen LogP contribution in [0.3, 0.4) is 0 Å². The normalized spacial score (nSPS) is 14.4. The Labute approximate surface area is 226 Å². The number of hydrogen-bond acceptors (Lipinski definition) is 7. The second-order valence-corrected chi connectivity index (χ2v) is 11.9. The average molecular weight is 581 g/mol. The van der Waals surface area contributed by atoms with Gasteiger partial charge in [0.25, 0.3) is 5.56 Å². The van der Waals surface area contributed by atoms with Crippen LogP contribution in [0.5, 0.6) is 0 Å². The minimum atomic E-state index is -4.67. The number of rotatable bonds is 9. The zero-order chi connectivity index (χ0) is 28.6. The van der Waals surface area contributed by atoms with Gasteiger partial charge in [0.2, 0.25) is 10.0 Å². The van der Waals surface area contributed by atoms with Crippen molar-refractivity contribution in [2.45, 2.75) is 32.7 Å². The van der Waals surface area contributed by atoms with E-state index >= 15 is 0 Å². The number of nitrogens with zero attached hydrogens (tertiary/aromatic N) is 2. The second-order valence-electron chi connectivity index (χ2n) is 8.95. The highest BCUT2D eigenvalue weighted by atomic mass is 32.3. The Balaban J connectivity index is 0.000000771. The molecule has 0 atom stereocenters. The fourth-order valence-corrected chi connectivity index (χ4v) is 4.83. The molecule has 4 rings (SSSR count). The summed E-state index contributed by atoms with van der Waals surface area (Å²) in [4.78, 5) is 30.5. The Hall–Kier alpha value is -3.30. The van der Waals surface area contributed by atoms with E-state index in [4.69, 9.17) is 17.5 Å². The van der Waals surface area contributed by atoms with Crippen LogP contribution in [0.4, 0.5) is 5.69 Å². The van der Waals surface area contributed by atoms with Crippen LogP contribution in [0.2, 0.25) is 0 Å². The van der Waals surface area contributed by atoms with Gasteiger partial charge in [-0.3, -0.25) is 28.1 Å². The Morgan fingerprint density at radius 2 is 1.64 bits per heavy atom. The highest BCUT2D eigenvalue weighted by Gasteiger charge is 2.14. The number of aromatic amines is 1. The molecule has 212 valence electrons. The van der Waals surface area contributed by atoms with Crippen LogP contribution in [0.25, 0.3) is 16.5 Å². The number of hydrogen-bond donors (Lipinski definition) is 4. The van der Waals surface area contributed by atoms with Crippen molar-refractivity contribution in [2.24, 2.45) is 0 Å². The number of sulfonamides is 1. The minimum absolute atomic E-state index is 0.0682. The van der Waals surface area contributed by atoms with Crippen LogP contribution in [-0.4, -0.2) is 65.8 Å². The fraction of sp³-hybridized carbons (Fsp3) is 0.360. The first-order chi connectivity index (χ1) is 18.4. The van der Waals surface area contributed by atoms with Gasteiger partial charge in [0.15, 0.2) is 0 Å². The van der Waals surface area contributed by atoms with E-state index in [-0.39, 0.29) is 11.1 Å². The first-order valence-corrected chi connectivity index (χ1v) is 15.4. The van der Waals surface area contributed by atoms with Gasteiger partial charge in [-0.1, -0.05) is 36.4 Å². The monoisotopic (exact) mass is 580 g/mol. The van der Waals surface area contributed by atoms with Crippen LogP contribution in [0, 0.1) is 0 Å². The van der Waals surface area contributed by atoms with Gasteiger partial charge >= 0.3 is 16.1 Å². The Morgan fingerprint density at radius 1 is 0.974 bits per heavy atom. The number of fused-ring (bicyclic) bond motifs is 1. The van der Waals surface area contributed by atoms with Crippen molar-refractivity contribution < 1.29 is 25.9 Å². The molecule has 3 aromatic rings. The zero-order valence-electron chi connectivity index (χ0n) is 21.4. The summed E-state index contributed by atoms with van der Waals surface area (Å²) in [5, 5.41) is 0.283.